The summed E-state index contributed by atoms with van der Waals surface area (Å²) in [5.74, 6) is 0.589. The lowest BCUT2D eigenvalue weighted by Crippen LogP contribution is -2.14. The van der Waals surface area contributed by atoms with Gasteiger partial charge in [-0.15, -0.1) is 0 Å². The van der Waals surface area contributed by atoms with E-state index < -0.39 is 0 Å². The van der Waals surface area contributed by atoms with Crippen molar-refractivity contribution in [1.29, 1.82) is 0 Å². The zero-order valence-electron chi connectivity index (χ0n) is 24.8. The SMILES string of the molecule is c1ccc(-c2ccc(N(c3ccccc3)c3nc(-c4cccc5c4oc4c6ccccc6ccc54)c4ccccc4n3)cc2)cc1. The van der Waals surface area contributed by atoms with Crippen LogP contribution in [-0.4, -0.2) is 9.97 Å². The summed E-state index contributed by atoms with van der Waals surface area (Å²) in [5.41, 5.74) is 8.62. The minimum atomic E-state index is 0.589. The van der Waals surface area contributed by atoms with Gasteiger partial charge in [-0.3, -0.25) is 4.90 Å². The smallest absolute Gasteiger partial charge is 0.235 e. The first-order valence-electron chi connectivity index (χ1n) is 15.4. The third kappa shape index (κ3) is 4.31. The van der Waals surface area contributed by atoms with Gasteiger partial charge in [-0.25, -0.2) is 9.97 Å². The monoisotopic (exact) mass is 589 g/mol. The predicted octanol–water partition coefficient (Wildman–Crippen LogP) is 11.5. The molecule has 0 aliphatic rings. The van der Waals surface area contributed by atoms with E-state index in [9.17, 15) is 0 Å². The number of benzene rings is 7. The minimum absolute atomic E-state index is 0.589. The van der Waals surface area contributed by atoms with E-state index in [1.165, 1.54) is 5.56 Å². The molecule has 0 saturated heterocycles. The summed E-state index contributed by atoms with van der Waals surface area (Å²) in [6, 6.07) is 56.5. The molecule has 0 spiro atoms. The Bertz CT molecular complexity index is 2520. The van der Waals surface area contributed by atoms with Crippen molar-refractivity contribution in [1.82, 2.24) is 9.97 Å². The quantitative estimate of drug-likeness (QED) is 0.200. The van der Waals surface area contributed by atoms with Gasteiger partial charge < -0.3 is 4.42 Å². The standard InChI is InChI=1S/C42H27N3O/c1-3-12-28(13-4-1)29-22-25-32(26-23-29)45(31-15-5-2-6-16-31)42-43-38-21-10-9-18-36(38)39(44-42)37-20-11-19-34-35-27-24-30-14-7-8-17-33(30)40(35)46-41(34)37/h1-27H. The molecule has 0 aliphatic heterocycles. The molecule has 0 aliphatic carbocycles. The molecular weight excluding hydrogens is 562 g/mol. The summed E-state index contributed by atoms with van der Waals surface area (Å²) in [5, 5.41) is 5.39. The molecule has 2 heterocycles. The average molecular weight is 590 g/mol. The molecule has 2 aromatic heterocycles. The van der Waals surface area contributed by atoms with Crippen LogP contribution in [0.4, 0.5) is 17.3 Å². The van der Waals surface area contributed by atoms with Gasteiger partial charge in [0, 0.05) is 38.5 Å². The highest BCUT2D eigenvalue weighted by molar-refractivity contribution is 6.18. The molecule has 216 valence electrons. The zero-order chi connectivity index (χ0) is 30.5. The fourth-order valence-electron chi connectivity index (χ4n) is 6.47. The van der Waals surface area contributed by atoms with E-state index in [0.717, 1.165) is 71.8 Å². The van der Waals surface area contributed by atoms with Crippen LogP contribution < -0.4 is 4.90 Å². The van der Waals surface area contributed by atoms with Crippen LogP contribution in [-0.2, 0) is 0 Å². The van der Waals surface area contributed by atoms with Crippen molar-refractivity contribution in [3.63, 3.8) is 0 Å². The Morgan fingerprint density at radius 2 is 1.04 bits per heavy atom. The number of para-hydroxylation sites is 3. The molecular formula is C42H27N3O. The number of fused-ring (bicyclic) bond motifs is 6. The number of furan rings is 1. The second-order valence-electron chi connectivity index (χ2n) is 11.4. The summed E-state index contributed by atoms with van der Waals surface area (Å²) in [6.07, 6.45) is 0. The van der Waals surface area contributed by atoms with Crippen LogP contribution in [0.1, 0.15) is 0 Å². The van der Waals surface area contributed by atoms with Gasteiger partial charge in [-0.1, -0.05) is 121 Å². The Hall–Kier alpha value is -6.26. The third-order valence-electron chi connectivity index (χ3n) is 8.68. The van der Waals surface area contributed by atoms with E-state index >= 15 is 0 Å². The number of rotatable bonds is 5. The Balaban J connectivity index is 1.27. The summed E-state index contributed by atoms with van der Waals surface area (Å²) in [6.45, 7) is 0. The number of anilines is 3. The van der Waals surface area contributed by atoms with Crippen LogP contribution in [0.2, 0.25) is 0 Å². The van der Waals surface area contributed by atoms with Gasteiger partial charge >= 0.3 is 0 Å². The van der Waals surface area contributed by atoms with Gasteiger partial charge in [0.25, 0.3) is 0 Å². The van der Waals surface area contributed by atoms with Gasteiger partial charge in [0.1, 0.15) is 11.2 Å². The first-order valence-corrected chi connectivity index (χ1v) is 15.4. The number of aromatic nitrogens is 2. The van der Waals surface area contributed by atoms with Crippen molar-refractivity contribution in [2.24, 2.45) is 0 Å². The maximum absolute atomic E-state index is 6.75. The van der Waals surface area contributed by atoms with Crippen LogP contribution in [0, 0.1) is 0 Å². The van der Waals surface area contributed by atoms with E-state index in [1.807, 2.05) is 36.4 Å². The van der Waals surface area contributed by atoms with Crippen LogP contribution >= 0.6 is 0 Å². The molecule has 0 N–H and O–H groups in total. The topological polar surface area (TPSA) is 42.2 Å². The molecule has 4 nitrogen and oxygen atoms in total. The summed E-state index contributed by atoms with van der Waals surface area (Å²) < 4.78 is 6.75. The van der Waals surface area contributed by atoms with Crippen molar-refractivity contribution in [2.45, 2.75) is 0 Å². The molecule has 0 saturated carbocycles. The Morgan fingerprint density at radius 3 is 1.87 bits per heavy atom. The lowest BCUT2D eigenvalue weighted by Gasteiger charge is -2.24. The molecule has 7 aromatic carbocycles. The first kappa shape index (κ1) is 26.2. The predicted molar refractivity (Wildman–Crippen MR) is 190 cm³/mol. The molecule has 4 heteroatoms. The van der Waals surface area contributed by atoms with E-state index in [4.69, 9.17) is 14.4 Å². The molecule has 0 amide bonds. The van der Waals surface area contributed by atoms with Gasteiger partial charge in [0.2, 0.25) is 5.95 Å². The van der Waals surface area contributed by atoms with Crippen molar-refractivity contribution >= 4 is 60.9 Å². The number of nitrogens with zero attached hydrogens (tertiary/aromatic N) is 3. The fraction of sp³-hybridized carbons (Fsp3) is 0. The van der Waals surface area contributed by atoms with Crippen LogP contribution in [0.15, 0.2) is 168 Å². The average Bonchev–Trinajstić information content (AvgIpc) is 3.52. The van der Waals surface area contributed by atoms with Crippen LogP contribution in [0.3, 0.4) is 0 Å². The maximum Gasteiger partial charge on any atom is 0.235 e. The van der Waals surface area contributed by atoms with E-state index in [0.29, 0.717) is 5.95 Å². The lowest BCUT2D eigenvalue weighted by molar-refractivity contribution is 0.673. The maximum atomic E-state index is 6.75. The number of hydrogen-bond donors (Lipinski definition) is 0. The fourth-order valence-corrected chi connectivity index (χ4v) is 6.47. The van der Waals surface area contributed by atoms with E-state index in [2.05, 4.69) is 132 Å². The van der Waals surface area contributed by atoms with Crippen LogP contribution in [0.25, 0.3) is 66.0 Å². The second kappa shape index (κ2) is 10.7. The molecule has 9 rings (SSSR count). The molecule has 0 fully saturated rings. The highest BCUT2D eigenvalue weighted by atomic mass is 16.3. The van der Waals surface area contributed by atoms with Gasteiger partial charge in [-0.05, 0) is 59.0 Å². The molecule has 9 aromatic rings. The zero-order valence-corrected chi connectivity index (χ0v) is 24.8. The molecule has 0 unspecified atom stereocenters. The Labute approximate surface area is 265 Å². The normalized spacial score (nSPS) is 11.5. The molecule has 46 heavy (non-hydrogen) atoms. The van der Waals surface area contributed by atoms with Gasteiger partial charge in [0.05, 0.1) is 11.2 Å². The van der Waals surface area contributed by atoms with Crippen molar-refractivity contribution in [3.8, 4) is 22.4 Å². The van der Waals surface area contributed by atoms with Crippen LogP contribution in [0.5, 0.6) is 0 Å². The van der Waals surface area contributed by atoms with Gasteiger partial charge in [-0.2, -0.15) is 0 Å². The minimum Gasteiger partial charge on any atom is -0.455 e. The molecule has 0 bridgehead atoms. The number of hydrogen-bond acceptors (Lipinski definition) is 4. The highest BCUT2D eigenvalue weighted by Crippen LogP contribution is 2.41. The molecule has 0 atom stereocenters. The highest BCUT2D eigenvalue weighted by Gasteiger charge is 2.21. The second-order valence-corrected chi connectivity index (χ2v) is 11.4. The Kier molecular flexibility index (Phi) is 6.10. The van der Waals surface area contributed by atoms with Crippen molar-refractivity contribution in [2.75, 3.05) is 4.90 Å². The van der Waals surface area contributed by atoms with Crippen molar-refractivity contribution < 1.29 is 4.42 Å². The van der Waals surface area contributed by atoms with E-state index in [1.54, 1.807) is 0 Å². The van der Waals surface area contributed by atoms with Gasteiger partial charge in [0.15, 0.2) is 0 Å². The Morgan fingerprint density at radius 1 is 0.413 bits per heavy atom. The lowest BCUT2D eigenvalue weighted by atomic mass is 10.0. The molecule has 0 radical (unpaired) electrons. The summed E-state index contributed by atoms with van der Waals surface area (Å²) in [7, 11) is 0. The van der Waals surface area contributed by atoms with Crippen molar-refractivity contribution in [3.05, 3.63) is 164 Å². The summed E-state index contributed by atoms with van der Waals surface area (Å²) in [4.78, 5) is 12.6. The van der Waals surface area contributed by atoms with E-state index in [-0.39, 0.29) is 0 Å². The third-order valence-corrected chi connectivity index (χ3v) is 8.68. The largest absolute Gasteiger partial charge is 0.455 e. The summed E-state index contributed by atoms with van der Waals surface area (Å²) >= 11 is 0. The first-order chi connectivity index (χ1) is 22.8.